The molecule has 1 aromatic heterocycles. The van der Waals surface area contributed by atoms with E-state index in [9.17, 15) is 4.79 Å². The molecule has 2 rings (SSSR count). The van der Waals surface area contributed by atoms with Gasteiger partial charge < -0.3 is 4.74 Å². The van der Waals surface area contributed by atoms with E-state index in [4.69, 9.17) is 4.74 Å². The molecule has 1 fully saturated rings. The number of nitrogens with zero attached hydrogens (tertiary/aromatic N) is 1. The normalized spacial score (nSPS) is 16.4. The lowest BCUT2D eigenvalue weighted by atomic mass is 9.94. The van der Waals surface area contributed by atoms with Crippen LogP contribution in [0.15, 0.2) is 16.9 Å². The van der Waals surface area contributed by atoms with Gasteiger partial charge in [0.25, 0.3) is 0 Å². The van der Waals surface area contributed by atoms with Gasteiger partial charge in [0.15, 0.2) is 0 Å². The first-order valence-corrected chi connectivity index (χ1v) is 6.26. The molecule has 0 amide bonds. The Balaban J connectivity index is 2.43. The number of aromatic nitrogens is 1. The number of carbonyl (C=O) groups excluding carboxylic acids is 1. The highest BCUT2D eigenvalue weighted by Gasteiger charge is 2.25. The Kier molecular flexibility index (Phi) is 3.59. The number of pyridine rings is 1. The predicted molar refractivity (Wildman–Crippen MR) is 64.5 cm³/mol. The summed E-state index contributed by atoms with van der Waals surface area (Å²) in [6.45, 7) is 0. The molecule has 1 saturated carbocycles. The van der Waals surface area contributed by atoms with Gasteiger partial charge in [-0.3, -0.25) is 0 Å². The van der Waals surface area contributed by atoms with Crippen molar-refractivity contribution in [1.82, 2.24) is 4.98 Å². The maximum Gasteiger partial charge on any atom is 0.340 e. The monoisotopic (exact) mass is 283 g/mol. The van der Waals surface area contributed by atoms with Gasteiger partial charge in [-0.1, -0.05) is 12.8 Å². The highest BCUT2D eigenvalue weighted by atomic mass is 79.9. The number of rotatable bonds is 2. The summed E-state index contributed by atoms with van der Waals surface area (Å²) < 4.78 is 5.40. The van der Waals surface area contributed by atoms with Gasteiger partial charge in [-0.05, 0) is 46.3 Å². The Bertz CT molecular complexity index is 400. The fourth-order valence-electron chi connectivity index (χ4n) is 2.33. The summed E-state index contributed by atoms with van der Waals surface area (Å²) in [4.78, 5) is 15.8. The first-order chi connectivity index (χ1) is 7.74. The lowest BCUT2D eigenvalue weighted by molar-refractivity contribution is 0.0597. The summed E-state index contributed by atoms with van der Waals surface area (Å²) in [6, 6.07) is 1.94. The molecule has 0 N–H and O–H groups in total. The molecule has 86 valence electrons. The third-order valence-electron chi connectivity index (χ3n) is 3.12. The SMILES string of the molecule is COC(=O)c1c(C2CCCC2)ccnc1Br. The molecule has 1 aromatic rings. The third kappa shape index (κ3) is 2.12. The number of carbonyl (C=O) groups is 1. The van der Waals surface area contributed by atoms with Crippen LogP contribution in [-0.2, 0) is 4.74 Å². The Morgan fingerprint density at radius 2 is 2.19 bits per heavy atom. The van der Waals surface area contributed by atoms with Crippen LogP contribution in [0.2, 0.25) is 0 Å². The second kappa shape index (κ2) is 4.95. The zero-order chi connectivity index (χ0) is 11.5. The van der Waals surface area contributed by atoms with E-state index in [1.807, 2.05) is 6.07 Å². The van der Waals surface area contributed by atoms with Crippen LogP contribution in [0.1, 0.15) is 47.5 Å². The number of methoxy groups -OCH3 is 1. The van der Waals surface area contributed by atoms with Crippen LogP contribution in [0.4, 0.5) is 0 Å². The van der Waals surface area contributed by atoms with Crippen molar-refractivity contribution in [2.45, 2.75) is 31.6 Å². The summed E-state index contributed by atoms with van der Waals surface area (Å²) in [5.41, 5.74) is 1.67. The van der Waals surface area contributed by atoms with Gasteiger partial charge in [-0.25, -0.2) is 9.78 Å². The standard InChI is InChI=1S/C12H14BrNO2/c1-16-12(15)10-9(6-7-14-11(10)13)8-4-2-3-5-8/h6-8H,2-5H2,1H3. The lowest BCUT2D eigenvalue weighted by Crippen LogP contribution is -2.10. The molecule has 3 nitrogen and oxygen atoms in total. The van der Waals surface area contributed by atoms with Crippen LogP contribution >= 0.6 is 15.9 Å². The van der Waals surface area contributed by atoms with Crippen LogP contribution in [0, 0.1) is 0 Å². The first kappa shape index (κ1) is 11.6. The van der Waals surface area contributed by atoms with E-state index in [1.54, 1.807) is 6.20 Å². The molecule has 0 spiro atoms. The van der Waals surface area contributed by atoms with E-state index in [0.29, 0.717) is 16.1 Å². The van der Waals surface area contributed by atoms with Gasteiger partial charge in [-0.15, -0.1) is 0 Å². The molecule has 4 heteroatoms. The Morgan fingerprint density at radius 1 is 1.50 bits per heavy atom. The lowest BCUT2D eigenvalue weighted by Gasteiger charge is -2.14. The molecule has 1 heterocycles. The zero-order valence-corrected chi connectivity index (χ0v) is 10.8. The average Bonchev–Trinajstić information content (AvgIpc) is 2.81. The zero-order valence-electron chi connectivity index (χ0n) is 9.20. The fourth-order valence-corrected chi connectivity index (χ4v) is 2.84. The van der Waals surface area contributed by atoms with Crippen molar-refractivity contribution in [3.63, 3.8) is 0 Å². The van der Waals surface area contributed by atoms with E-state index in [2.05, 4.69) is 20.9 Å². The maximum absolute atomic E-state index is 11.7. The predicted octanol–water partition coefficient (Wildman–Crippen LogP) is 3.29. The molecule has 0 aromatic carbocycles. The van der Waals surface area contributed by atoms with Crippen molar-refractivity contribution >= 4 is 21.9 Å². The van der Waals surface area contributed by atoms with E-state index >= 15 is 0 Å². The third-order valence-corrected chi connectivity index (χ3v) is 3.72. The van der Waals surface area contributed by atoms with Crippen molar-refractivity contribution in [1.29, 1.82) is 0 Å². The number of ether oxygens (including phenoxy) is 1. The van der Waals surface area contributed by atoms with Gasteiger partial charge in [0.05, 0.1) is 12.7 Å². The number of hydrogen-bond acceptors (Lipinski definition) is 3. The van der Waals surface area contributed by atoms with Crippen LogP contribution in [-0.4, -0.2) is 18.1 Å². The van der Waals surface area contributed by atoms with E-state index < -0.39 is 0 Å². The Morgan fingerprint density at radius 3 is 2.81 bits per heavy atom. The summed E-state index contributed by atoms with van der Waals surface area (Å²) in [5, 5.41) is 0. The molecule has 0 atom stereocenters. The molecule has 1 aliphatic rings. The van der Waals surface area contributed by atoms with E-state index in [1.165, 1.54) is 20.0 Å². The molecule has 0 radical (unpaired) electrons. The van der Waals surface area contributed by atoms with Gasteiger partial charge in [-0.2, -0.15) is 0 Å². The van der Waals surface area contributed by atoms with Gasteiger partial charge in [0.1, 0.15) is 4.60 Å². The van der Waals surface area contributed by atoms with Crippen LogP contribution in [0.3, 0.4) is 0 Å². The number of esters is 1. The minimum atomic E-state index is -0.304. The minimum Gasteiger partial charge on any atom is -0.465 e. The van der Waals surface area contributed by atoms with Gasteiger partial charge in [0.2, 0.25) is 0 Å². The highest BCUT2D eigenvalue weighted by Crippen LogP contribution is 2.37. The van der Waals surface area contributed by atoms with Crippen molar-refractivity contribution in [3.8, 4) is 0 Å². The Labute approximate surface area is 103 Å². The second-order valence-electron chi connectivity index (χ2n) is 4.04. The molecular formula is C12H14BrNO2. The largest absolute Gasteiger partial charge is 0.465 e. The average molecular weight is 284 g/mol. The fraction of sp³-hybridized carbons (Fsp3) is 0.500. The molecule has 1 aliphatic carbocycles. The van der Waals surface area contributed by atoms with Crippen LogP contribution in [0.25, 0.3) is 0 Å². The summed E-state index contributed by atoms with van der Waals surface area (Å²) in [5.74, 6) is 0.176. The smallest absolute Gasteiger partial charge is 0.340 e. The number of hydrogen-bond donors (Lipinski definition) is 0. The molecule has 0 unspecified atom stereocenters. The molecule has 0 aliphatic heterocycles. The van der Waals surface area contributed by atoms with Crippen molar-refractivity contribution in [2.75, 3.05) is 7.11 Å². The van der Waals surface area contributed by atoms with E-state index in [0.717, 1.165) is 18.4 Å². The second-order valence-corrected chi connectivity index (χ2v) is 4.79. The van der Waals surface area contributed by atoms with Crippen molar-refractivity contribution in [2.24, 2.45) is 0 Å². The van der Waals surface area contributed by atoms with Crippen molar-refractivity contribution < 1.29 is 9.53 Å². The van der Waals surface area contributed by atoms with Gasteiger partial charge >= 0.3 is 5.97 Å². The minimum absolute atomic E-state index is 0.304. The molecule has 16 heavy (non-hydrogen) atoms. The van der Waals surface area contributed by atoms with Gasteiger partial charge in [0, 0.05) is 6.20 Å². The molecular weight excluding hydrogens is 270 g/mol. The van der Waals surface area contributed by atoms with Crippen LogP contribution < -0.4 is 0 Å². The Hall–Kier alpha value is -0.900. The summed E-state index contributed by atoms with van der Waals surface area (Å²) in [7, 11) is 1.40. The molecule has 0 saturated heterocycles. The quantitative estimate of drug-likeness (QED) is 0.618. The van der Waals surface area contributed by atoms with Crippen molar-refractivity contribution in [3.05, 3.63) is 28.0 Å². The molecule has 0 bridgehead atoms. The van der Waals surface area contributed by atoms with Crippen LogP contribution in [0.5, 0.6) is 0 Å². The maximum atomic E-state index is 11.7. The topological polar surface area (TPSA) is 39.2 Å². The summed E-state index contributed by atoms with van der Waals surface area (Å²) in [6.07, 6.45) is 6.53. The number of halogens is 1. The summed E-state index contributed by atoms with van der Waals surface area (Å²) >= 11 is 3.32. The first-order valence-electron chi connectivity index (χ1n) is 5.46. The highest BCUT2D eigenvalue weighted by molar-refractivity contribution is 9.10. The van der Waals surface area contributed by atoms with E-state index in [-0.39, 0.29) is 5.97 Å².